The molecule has 1 unspecified atom stereocenters. The molecule has 1 nitrogen and oxygen atoms in total. The van der Waals surface area contributed by atoms with Crippen LogP contribution in [0, 0.1) is 11.7 Å². The van der Waals surface area contributed by atoms with Crippen molar-refractivity contribution in [3.05, 3.63) is 34.6 Å². The summed E-state index contributed by atoms with van der Waals surface area (Å²) >= 11 is 5.76. The van der Waals surface area contributed by atoms with Crippen molar-refractivity contribution in [2.45, 2.75) is 38.6 Å². The average molecular weight is 256 g/mol. The number of likely N-dealkylation sites (N-methyl/N-ethyl adjacent to an activating group) is 1. The third-order valence-corrected chi connectivity index (χ3v) is 3.88. The first-order chi connectivity index (χ1) is 8.20. The van der Waals surface area contributed by atoms with Crippen LogP contribution in [0.2, 0.25) is 5.02 Å². The van der Waals surface area contributed by atoms with Crippen molar-refractivity contribution in [3.8, 4) is 0 Å². The largest absolute Gasteiger partial charge is 0.314 e. The molecular weight excluding hydrogens is 237 g/mol. The van der Waals surface area contributed by atoms with E-state index in [4.69, 9.17) is 11.6 Å². The van der Waals surface area contributed by atoms with Gasteiger partial charge in [0, 0.05) is 11.1 Å². The summed E-state index contributed by atoms with van der Waals surface area (Å²) < 4.78 is 13.7. The van der Waals surface area contributed by atoms with Gasteiger partial charge in [0.25, 0.3) is 0 Å². The minimum absolute atomic E-state index is 0.181. The van der Waals surface area contributed by atoms with Gasteiger partial charge in [0.1, 0.15) is 5.82 Å². The van der Waals surface area contributed by atoms with Gasteiger partial charge in [0.2, 0.25) is 0 Å². The average Bonchev–Trinajstić information content (AvgIpc) is 2.20. The maximum atomic E-state index is 13.7. The highest BCUT2D eigenvalue weighted by atomic mass is 35.5. The Balaban J connectivity index is 2.05. The molecule has 2 rings (SSSR count). The van der Waals surface area contributed by atoms with Crippen molar-refractivity contribution in [2.75, 3.05) is 6.54 Å². The molecular formula is C14H19ClFN. The second-order valence-corrected chi connectivity index (χ2v) is 5.23. The quantitative estimate of drug-likeness (QED) is 0.844. The van der Waals surface area contributed by atoms with E-state index in [-0.39, 0.29) is 5.82 Å². The Hall–Kier alpha value is -0.600. The van der Waals surface area contributed by atoms with Gasteiger partial charge in [-0.15, -0.1) is 0 Å². The lowest BCUT2D eigenvalue weighted by molar-refractivity contribution is 0.228. The normalized spacial score (nSPS) is 17.8. The third kappa shape index (κ3) is 3.20. The Morgan fingerprint density at radius 2 is 2.24 bits per heavy atom. The molecule has 0 aliphatic heterocycles. The zero-order valence-corrected chi connectivity index (χ0v) is 10.9. The van der Waals surface area contributed by atoms with Crippen LogP contribution in [0.3, 0.4) is 0 Å². The van der Waals surface area contributed by atoms with E-state index in [0.717, 1.165) is 18.5 Å². The molecule has 1 aromatic rings. The number of halogens is 2. The fourth-order valence-corrected chi connectivity index (χ4v) is 2.59. The molecule has 3 heteroatoms. The SMILES string of the molecule is CCNC(Cc1ccc(Cl)cc1F)C1CCC1. The maximum absolute atomic E-state index is 13.7. The van der Waals surface area contributed by atoms with Crippen LogP contribution in [0.5, 0.6) is 0 Å². The smallest absolute Gasteiger partial charge is 0.127 e. The lowest BCUT2D eigenvalue weighted by atomic mass is 9.77. The molecule has 17 heavy (non-hydrogen) atoms. The summed E-state index contributed by atoms with van der Waals surface area (Å²) in [4.78, 5) is 0. The molecule has 0 spiro atoms. The van der Waals surface area contributed by atoms with Crippen LogP contribution in [0.4, 0.5) is 4.39 Å². The van der Waals surface area contributed by atoms with Crippen LogP contribution in [-0.4, -0.2) is 12.6 Å². The zero-order chi connectivity index (χ0) is 12.3. The Bertz CT molecular complexity index is 376. The molecule has 0 bridgehead atoms. The Morgan fingerprint density at radius 1 is 1.47 bits per heavy atom. The molecule has 1 atom stereocenters. The number of benzene rings is 1. The molecule has 0 radical (unpaired) electrons. The van der Waals surface area contributed by atoms with Gasteiger partial charge in [-0.05, 0) is 49.4 Å². The summed E-state index contributed by atoms with van der Waals surface area (Å²) in [5.74, 6) is 0.532. The molecule has 1 aromatic carbocycles. The molecule has 1 fully saturated rings. The molecule has 0 saturated heterocycles. The molecule has 1 aliphatic rings. The predicted octanol–water partition coefficient (Wildman–Crippen LogP) is 3.80. The molecule has 0 heterocycles. The summed E-state index contributed by atoms with van der Waals surface area (Å²) in [5, 5.41) is 3.94. The third-order valence-electron chi connectivity index (χ3n) is 3.64. The standard InChI is InChI=1S/C14H19ClFN/c1-2-17-14(10-4-3-5-10)8-11-6-7-12(15)9-13(11)16/h6-7,9-10,14,17H,2-5,8H2,1H3. The topological polar surface area (TPSA) is 12.0 Å². The highest BCUT2D eigenvalue weighted by Gasteiger charge is 2.27. The van der Waals surface area contributed by atoms with E-state index in [0.29, 0.717) is 17.0 Å². The predicted molar refractivity (Wildman–Crippen MR) is 69.9 cm³/mol. The maximum Gasteiger partial charge on any atom is 0.127 e. The van der Waals surface area contributed by atoms with Crippen LogP contribution in [0.1, 0.15) is 31.7 Å². The van der Waals surface area contributed by atoms with Gasteiger partial charge >= 0.3 is 0 Å². The fourth-order valence-electron chi connectivity index (χ4n) is 2.43. The molecule has 1 saturated carbocycles. The van der Waals surface area contributed by atoms with E-state index in [2.05, 4.69) is 12.2 Å². The second-order valence-electron chi connectivity index (χ2n) is 4.80. The lowest BCUT2D eigenvalue weighted by Crippen LogP contribution is -2.41. The second kappa shape index (κ2) is 5.83. The van der Waals surface area contributed by atoms with Crippen LogP contribution in [0.25, 0.3) is 0 Å². The monoisotopic (exact) mass is 255 g/mol. The lowest BCUT2D eigenvalue weighted by Gasteiger charge is -2.34. The van der Waals surface area contributed by atoms with E-state index < -0.39 is 0 Å². The van der Waals surface area contributed by atoms with E-state index in [9.17, 15) is 4.39 Å². The van der Waals surface area contributed by atoms with Crippen molar-refractivity contribution in [1.82, 2.24) is 5.32 Å². The van der Waals surface area contributed by atoms with Crippen LogP contribution in [0.15, 0.2) is 18.2 Å². The summed E-state index contributed by atoms with van der Waals surface area (Å²) in [6.07, 6.45) is 4.62. The van der Waals surface area contributed by atoms with Gasteiger partial charge in [-0.25, -0.2) is 4.39 Å². The first kappa shape index (κ1) is 12.8. The minimum atomic E-state index is -0.181. The molecule has 1 aliphatic carbocycles. The minimum Gasteiger partial charge on any atom is -0.314 e. The summed E-state index contributed by atoms with van der Waals surface area (Å²) in [7, 11) is 0. The van der Waals surface area contributed by atoms with Crippen molar-refractivity contribution in [3.63, 3.8) is 0 Å². The first-order valence-electron chi connectivity index (χ1n) is 6.38. The molecule has 0 aromatic heterocycles. The van der Waals surface area contributed by atoms with Crippen molar-refractivity contribution in [2.24, 2.45) is 5.92 Å². The van der Waals surface area contributed by atoms with E-state index in [1.54, 1.807) is 12.1 Å². The fraction of sp³-hybridized carbons (Fsp3) is 0.571. The van der Waals surface area contributed by atoms with Crippen LogP contribution < -0.4 is 5.32 Å². The first-order valence-corrected chi connectivity index (χ1v) is 6.75. The Morgan fingerprint density at radius 3 is 2.76 bits per heavy atom. The number of hydrogen-bond donors (Lipinski definition) is 1. The Labute approximate surface area is 107 Å². The van der Waals surface area contributed by atoms with Crippen LogP contribution in [-0.2, 0) is 6.42 Å². The van der Waals surface area contributed by atoms with Crippen molar-refractivity contribution in [1.29, 1.82) is 0 Å². The Kier molecular flexibility index (Phi) is 4.41. The summed E-state index contributed by atoms with van der Waals surface area (Å²) in [6.45, 7) is 3.04. The van der Waals surface area contributed by atoms with Gasteiger partial charge < -0.3 is 5.32 Å². The summed E-state index contributed by atoms with van der Waals surface area (Å²) in [5.41, 5.74) is 0.771. The zero-order valence-electron chi connectivity index (χ0n) is 10.2. The highest BCUT2D eigenvalue weighted by molar-refractivity contribution is 6.30. The highest BCUT2D eigenvalue weighted by Crippen LogP contribution is 2.31. The van der Waals surface area contributed by atoms with Gasteiger partial charge in [0.05, 0.1) is 0 Å². The number of nitrogens with one attached hydrogen (secondary N) is 1. The van der Waals surface area contributed by atoms with E-state index in [1.807, 2.05) is 0 Å². The van der Waals surface area contributed by atoms with Crippen LogP contribution >= 0.6 is 11.6 Å². The van der Waals surface area contributed by atoms with Crippen molar-refractivity contribution < 1.29 is 4.39 Å². The molecule has 94 valence electrons. The van der Waals surface area contributed by atoms with E-state index >= 15 is 0 Å². The van der Waals surface area contributed by atoms with E-state index in [1.165, 1.54) is 25.3 Å². The van der Waals surface area contributed by atoms with Gasteiger partial charge in [-0.2, -0.15) is 0 Å². The van der Waals surface area contributed by atoms with Gasteiger partial charge in [-0.1, -0.05) is 31.0 Å². The molecule has 1 N–H and O–H groups in total. The van der Waals surface area contributed by atoms with Gasteiger partial charge in [0.15, 0.2) is 0 Å². The molecule has 0 amide bonds. The number of hydrogen-bond acceptors (Lipinski definition) is 1. The number of rotatable bonds is 5. The van der Waals surface area contributed by atoms with Gasteiger partial charge in [-0.3, -0.25) is 0 Å². The van der Waals surface area contributed by atoms with Crippen molar-refractivity contribution >= 4 is 11.6 Å². The summed E-state index contributed by atoms with van der Waals surface area (Å²) in [6, 6.07) is 5.38.